The van der Waals surface area contributed by atoms with Crippen molar-refractivity contribution < 1.29 is 9.47 Å². The molecule has 0 aromatic carbocycles. The molecular formula is C12H23NO2. The first-order valence-electron chi connectivity index (χ1n) is 5.42. The molecule has 0 aliphatic rings. The second kappa shape index (κ2) is 7.21. The van der Waals surface area contributed by atoms with Crippen LogP contribution in [0, 0.1) is 5.92 Å². The molecule has 0 spiro atoms. The molecule has 0 aliphatic carbocycles. The SMILES string of the molecule is C=C(NC(C(=C)OCC)C(C)C)OCC. The van der Waals surface area contributed by atoms with Crippen LogP contribution in [0.2, 0.25) is 0 Å². The van der Waals surface area contributed by atoms with Gasteiger partial charge in [-0.15, -0.1) is 0 Å². The van der Waals surface area contributed by atoms with Crippen molar-refractivity contribution in [1.29, 1.82) is 0 Å². The predicted molar refractivity (Wildman–Crippen MR) is 63.3 cm³/mol. The summed E-state index contributed by atoms with van der Waals surface area (Å²) in [7, 11) is 0. The predicted octanol–water partition coefficient (Wildman–Crippen LogP) is 2.66. The molecule has 3 heteroatoms. The molecule has 0 aliphatic heterocycles. The van der Waals surface area contributed by atoms with Gasteiger partial charge >= 0.3 is 0 Å². The summed E-state index contributed by atoms with van der Waals surface area (Å²) in [5, 5.41) is 3.16. The second-order valence-electron chi connectivity index (χ2n) is 3.62. The third-order valence-electron chi connectivity index (χ3n) is 1.98. The van der Waals surface area contributed by atoms with Gasteiger partial charge in [-0.3, -0.25) is 0 Å². The zero-order valence-corrected chi connectivity index (χ0v) is 10.3. The topological polar surface area (TPSA) is 30.5 Å². The van der Waals surface area contributed by atoms with Crippen molar-refractivity contribution in [3.05, 3.63) is 24.8 Å². The van der Waals surface area contributed by atoms with Crippen LogP contribution in [-0.4, -0.2) is 19.3 Å². The van der Waals surface area contributed by atoms with Gasteiger partial charge in [0, 0.05) is 0 Å². The molecule has 0 heterocycles. The molecule has 0 rings (SSSR count). The fourth-order valence-corrected chi connectivity index (χ4v) is 1.28. The van der Waals surface area contributed by atoms with Gasteiger partial charge in [0.1, 0.15) is 5.76 Å². The molecule has 15 heavy (non-hydrogen) atoms. The molecule has 0 saturated heterocycles. The van der Waals surface area contributed by atoms with Gasteiger partial charge in [-0.1, -0.05) is 20.4 Å². The maximum atomic E-state index is 5.39. The van der Waals surface area contributed by atoms with Crippen LogP contribution in [0.15, 0.2) is 24.8 Å². The van der Waals surface area contributed by atoms with Crippen LogP contribution >= 0.6 is 0 Å². The van der Waals surface area contributed by atoms with Gasteiger partial charge in [0.25, 0.3) is 0 Å². The molecule has 0 fully saturated rings. The van der Waals surface area contributed by atoms with Crippen LogP contribution < -0.4 is 5.32 Å². The highest BCUT2D eigenvalue weighted by atomic mass is 16.5. The van der Waals surface area contributed by atoms with Crippen molar-refractivity contribution in [2.24, 2.45) is 5.92 Å². The first kappa shape index (κ1) is 13.9. The molecule has 1 N–H and O–H groups in total. The Labute approximate surface area is 93.2 Å². The summed E-state index contributed by atoms with van der Waals surface area (Å²) in [4.78, 5) is 0. The van der Waals surface area contributed by atoms with Crippen LogP contribution in [0.1, 0.15) is 27.7 Å². The van der Waals surface area contributed by atoms with E-state index in [4.69, 9.17) is 9.47 Å². The number of hydrogen-bond acceptors (Lipinski definition) is 3. The van der Waals surface area contributed by atoms with E-state index in [2.05, 4.69) is 32.3 Å². The average molecular weight is 213 g/mol. The van der Waals surface area contributed by atoms with E-state index in [0.717, 1.165) is 5.76 Å². The van der Waals surface area contributed by atoms with E-state index < -0.39 is 0 Å². The number of rotatable bonds is 8. The van der Waals surface area contributed by atoms with Gasteiger partial charge in [-0.05, 0) is 26.3 Å². The Morgan fingerprint density at radius 1 is 1.13 bits per heavy atom. The quantitative estimate of drug-likeness (QED) is 0.629. The Morgan fingerprint density at radius 2 is 1.67 bits per heavy atom. The fourth-order valence-electron chi connectivity index (χ4n) is 1.28. The van der Waals surface area contributed by atoms with Crippen molar-refractivity contribution in [3.8, 4) is 0 Å². The lowest BCUT2D eigenvalue weighted by molar-refractivity contribution is 0.158. The van der Waals surface area contributed by atoms with E-state index >= 15 is 0 Å². The Kier molecular flexibility index (Phi) is 6.67. The van der Waals surface area contributed by atoms with E-state index in [1.165, 1.54) is 0 Å². The van der Waals surface area contributed by atoms with Crippen molar-refractivity contribution in [3.63, 3.8) is 0 Å². The normalized spacial score (nSPS) is 12.1. The standard InChI is InChI=1S/C12H23NO2/c1-7-14-10(5)12(9(3)4)13-11(6)15-8-2/h9,12-13H,5-8H2,1-4H3. The monoisotopic (exact) mass is 213 g/mol. The highest BCUT2D eigenvalue weighted by Crippen LogP contribution is 2.13. The molecule has 88 valence electrons. The smallest absolute Gasteiger partial charge is 0.179 e. The van der Waals surface area contributed by atoms with E-state index in [9.17, 15) is 0 Å². The van der Waals surface area contributed by atoms with Crippen molar-refractivity contribution in [2.45, 2.75) is 33.7 Å². The van der Waals surface area contributed by atoms with E-state index in [-0.39, 0.29) is 6.04 Å². The summed E-state index contributed by atoms with van der Waals surface area (Å²) in [5.74, 6) is 1.67. The third kappa shape index (κ3) is 5.35. The maximum absolute atomic E-state index is 5.39. The molecule has 0 aromatic heterocycles. The Morgan fingerprint density at radius 3 is 2.07 bits per heavy atom. The number of ether oxygens (including phenoxy) is 2. The van der Waals surface area contributed by atoms with Gasteiger partial charge < -0.3 is 14.8 Å². The van der Waals surface area contributed by atoms with Crippen LogP contribution in [0.4, 0.5) is 0 Å². The summed E-state index contributed by atoms with van der Waals surface area (Å²) in [5.41, 5.74) is 0. The third-order valence-corrected chi connectivity index (χ3v) is 1.98. The van der Waals surface area contributed by atoms with Gasteiger partial charge in [0.15, 0.2) is 5.88 Å². The number of hydrogen-bond donors (Lipinski definition) is 1. The molecule has 0 bridgehead atoms. The molecule has 0 saturated carbocycles. The van der Waals surface area contributed by atoms with Gasteiger partial charge in [-0.25, -0.2) is 0 Å². The molecule has 1 atom stereocenters. The lowest BCUT2D eigenvalue weighted by Gasteiger charge is -2.25. The van der Waals surface area contributed by atoms with Gasteiger partial charge in [-0.2, -0.15) is 0 Å². The molecule has 0 aromatic rings. The fraction of sp³-hybridized carbons (Fsp3) is 0.667. The highest BCUT2D eigenvalue weighted by molar-refractivity contribution is 5.02. The van der Waals surface area contributed by atoms with Crippen molar-refractivity contribution in [2.75, 3.05) is 13.2 Å². The van der Waals surface area contributed by atoms with Crippen molar-refractivity contribution >= 4 is 0 Å². The van der Waals surface area contributed by atoms with Crippen LogP contribution in [0.5, 0.6) is 0 Å². The lowest BCUT2D eigenvalue weighted by Crippen LogP contribution is -2.36. The molecule has 0 amide bonds. The summed E-state index contributed by atoms with van der Waals surface area (Å²) in [6, 6.07) is 0.0454. The van der Waals surface area contributed by atoms with E-state index in [1.807, 2.05) is 13.8 Å². The van der Waals surface area contributed by atoms with E-state index in [0.29, 0.717) is 25.0 Å². The Bertz CT molecular complexity index is 212. The highest BCUT2D eigenvalue weighted by Gasteiger charge is 2.18. The molecule has 0 radical (unpaired) electrons. The second-order valence-corrected chi connectivity index (χ2v) is 3.62. The molecular weight excluding hydrogens is 190 g/mol. The van der Waals surface area contributed by atoms with Crippen LogP contribution in [-0.2, 0) is 9.47 Å². The zero-order valence-electron chi connectivity index (χ0n) is 10.3. The minimum absolute atomic E-state index is 0.0454. The van der Waals surface area contributed by atoms with Crippen LogP contribution in [0.25, 0.3) is 0 Å². The minimum Gasteiger partial charge on any atom is -0.497 e. The van der Waals surface area contributed by atoms with Crippen molar-refractivity contribution in [1.82, 2.24) is 5.32 Å². The minimum atomic E-state index is 0.0454. The summed E-state index contributed by atoms with van der Waals surface area (Å²) < 4.78 is 10.6. The molecule has 3 nitrogen and oxygen atoms in total. The van der Waals surface area contributed by atoms with E-state index in [1.54, 1.807) is 0 Å². The Balaban J connectivity index is 4.27. The van der Waals surface area contributed by atoms with Gasteiger partial charge in [0.05, 0.1) is 19.3 Å². The van der Waals surface area contributed by atoms with Gasteiger partial charge in [0.2, 0.25) is 0 Å². The first-order valence-corrected chi connectivity index (χ1v) is 5.42. The van der Waals surface area contributed by atoms with Crippen LogP contribution in [0.3, 0.4) is 0 Å². The summed E-state index contributed by atoms with van der Waals surface area (Å²) >= 11 is 0. The molecule has 1 unspecified atom stereocenters. The average Bonchev–Trinajstić information content (AvgIpc) is 2.14. The maximum Gasteiger partial charge on any atom is 0.179 e. The summed E-state index contributed by atoms with van der Waals surface area (Å²) in [6.45, 7) is 17.0. The Hall–Kier alpha value is -1.12. The number of nitrogens with one attached hydrogen (secondary N) is 1. The largest absolute Gasteiger partial charge is 0.497 e. The summed E-state index contributed by atoms with van der Waals surface area (Å²) in [6.07, 6.45) is 0. The zero-order chi connectivity index (χ0) is 11.8. The lowest BCUT2D eigenvalue weighted by atomic mass is 10.0. The first-order chi connectivity index (χ1) is 7.02.